The summed E-state index contributed by atoms with van der Waals surface area (Å²) in [7, 11) is 0. The zero-order valence-electron chi connectivity index (χ0n) is 10.8. The molecular weight excluding hydrogens is 280 g/mol. The molecule has 8 heteroatoms. The SMILES string of the molecule is Cc1ccc(NC(=O)c2sc(N)nc2C)cc1[N+](=O)[O-]. The number of nitrogens with one attached hydrogen (secondary N) is 1. The number of aryl methyl sites for hydroxylation is 2. The summed E-state index contributed by atoms with van der Waals surface area (Å²) in [6, 6.07) is 4.52. The summed E-state index contributed by atoms with van der Waals surface area (Å²) in [6.07, 6.45) is 0. The fourth-order valence-corrected chi connectivity index (χ4v) is 2.43. The van der Waals surface area contributed by atoms with Crippen LogP contribution in [-0.2, 0) is 0 Å². The Labute approximate surface area is 118 Å². The Bertz CT molecular complexity index is 696. The summed E-state index contributed by atoms with van der Waals surface area (Å²) in [6.45, 7) is 3.32. The second kappa shape index (κ2) is 5.25. The van der Waals surface area contributed by atoms with E-state index in [1.807, 2.05) is 0 Å². The van der Waals surface area contributed by atoms with Gasteiger partial charge in [0.25, 0.3) is 11.6 Å². The molecule has 0 spiro atoms. The largest absolute Gasteiger partial charge is 0.375 e. The normalized spacial score (nSPS) is 10.3. The van der Waals surface area contributed by atoms with Crippen molar-refractivity contribution in [1.82, 2.24) is 4.98 Å². The first-order valence-electron chi connectivity index (χ1n) is 5.68. The van der Waals surface area contributed by atoms with Gasteiger partial charge in [-0.05, 0) is 19.9 Å². The molecule has 1 heterocycles. The molecule has 2 aromatic rings. The van der Waals surface area contributed by atoms with Crippen molar-refractivity contribution in [3.05, 3.63) is 44.4 Å². The van der Waals surface area contributed by atoms with Gasteiger partial charge >= 0.3 is 0 Å². The fourth-order valence-electron chi connectivity index (χ4n) is 1.70. The maximum atomic E-state index is 12.0. The lowest BCUT2D eigenvalue weighted by Gasteiger charge is -2.05. The zero-order chi connectivity index (χ0) is 14.9. The van der Waals surface area contributed by atoms with Crippen molar-refractivity contribution in [2.75, 3.05) is 11.1 Å². The van der Waals surface area contributed by atoms with E-state index >= 15 is 0 Å². The quantitative estimate of drug-likeness (QED) is 0.667. The monoisotopic (exact) mass is 292 g/mol. The van der Waals surface area contributed by atoms with Gasteiger partial charge in [0.1, 0.15) is 4.88 Å². The van der Waals surface area contributed by atoms with Crippen LogP contribution in [0.1, 0.15) is 20.9 Å². The molecule has 0 saturated carbocycles. The van der Waals surface area contributed by atoms with Crippen LogP contribution >= 0.6 is 11.3 Å². The molecule has 1 aromatic carbocycles. The first kappa shape index (κ1) is 13.9. The molecule has 0 atom stereocenters. The minimum Gasteiger partial charge on any atom is -0.375 e. The van der Waals surface area contributed by atoms with Crippen molar-refractivity contribution >= 4 is 33.8 Å². The van der Waals surface area contributed by atoms with E-state index in [0.717, 1.165) is 11.3 Å². The van der Waals surface area contributed by atoms with Crippen LogP contribution in [0.4, 0.5) is 16.5 Å². The number of amides is 1. The van der Waals surface area contributed by atoms with Gasteiger partial charge in [0.15, 0.2) is 5.13 Å². The molecule has 1 amide bonds. The van der Waals surface area contributed by atoms with Crippen LogP contribution in [0.3, 0.4) is 0 Å². The summed E-state index contributed by atoms with van der Waals surface area (Å²) in [5.41, 5.74) is 6.92. The Morgan fingerprint density at radius 2 is 2.15 bits per heavy atom. The molecule has 104 valence electrons. The van der Waals surface area contributed by atoms with E-state index in [0.29, 0.717) is 27.0 Å². The number of nitrogens with two attached hydrogens (primary N) is 1. The number of nitrogens with zero attached hydrogens (tertiary/aromatic N) is 2. The summed E-state index contributed by atoms with van der Waals surface area (Å²) >= 11 is 1.08. The predicted molar refractivity (Wildman–Crippen MR) is 77.1 cm³/mol. The van der Waals surface area contributed by atoms with Crippen molar-refractivity contribution in [2.24, 2.45) is 0 Å². The van der Waals surface area contributed by atoms with Crippen molar-refractivity contribution in [3.63, 3.8) is 0 Å². The Hall–Kier alpha value is -2.48. The number of nitrogen functional groups attached to an aromatic ring is 1. The van der Waals surface area contributed by atoms with Crippen LogP contribution < -0.4 is 11.1 Å². The summed E-state index contributed by atoms with van der Waals surface area (Å²) in [5.74, 6) is -0.380. The lowest BCUT2D eigenvalue weighted by molar-refractivity contribution is -0.385. The standard InChI is InChI=1S/C12H12N4O3S/c1-6-3-4-8(5-9(6)16(18)19)15-11(17)10-7(2)14-12(13)20-10/h3-5H,1-2H3,(H2,13,14)(H,15,17). The summed E-state index contributed by atoms with van der Waals surface area (Å²) < 4.78 is 0. The Balaban J connectivity index is 2.26. The van der Waals surface area contributed by atoms with Crippen LogP contribution in [0.2, 0.25) is 0 Å². The van der Waals surface area contributed by atoms with E-state index in [2.05, 4.69) is 10.3 Å². The van der Waals surface area contributed by atoms with Crippen LogP contribution in [0.15, 0.2) is 18.2 Å². The van der Waals surface area contributed by atoms with Crippen LogP contribution in [0, 0.1) is 24.0 Å². The highest BCUT2D eigenvalue weighted by Crippen LogP contribution is 2.24. The number of nitro benzene ring substituents is 1. The number of aromatic nitrogens is 1. The molecule has 0 aliphatic carbocycles. The Morgan fingerprint density at radius 1 is 1.45 bits per heavy atom. The van der Waals surface area contributed by atoms with E-state index in [4.69, 9.17) is 5.73 Å². The molecule has 0 radical (unpaired) electrons. The van der Waals surface area contributed by atoms with E-state index in [1.165, 1.54) is 6.07 Å². The van der Waals surface area contributed by atoms with E-state index in [-0.39, 0.29) is 11.6 Å². The van der Waals surface area contributed by atoms with Gasteiger partial charge in [-0.3, -0.25) is 14.9 Å². The zero-order valence-corrected chi connectivity index (χ0v) is 11.7. The summed E-state index contributed by atoms with van der Waals surface area (Å²) in [5, 5.41) is 13.8. The molecule has 0 saturated heterocycles. The lowest BCUT2D eigenvalue weighted by atomic mass is 10.2. The average molecular weight is 292 g/mol. The topological polar surface area (TPSA) is 111 Å². The first-order chi connectivity index (χ1) is 9.38. The Morgan fingerprint density at radius 3 is 2.70 bits per heavy atom. The van der Waals surface area contributed by atoms with Gasteiger partial charge in [-0.1, -0.05) is 17.4 Å². The molecule has 3 N–H and O–H groups in total. The fraction of sp³-hybridized carbons (Fsp3) is 0.167. The van der Waals surface area contributed by atoms with Crippen molar-refractivity contribution < 1.29 is 9.72 Å². The predicted octanol–water partition coefficient (Wildman–Crippen LogP) is 2.50. The van der Waals surface area contributed by atoms with Gasteiger partial charge in [-0.25, -0.2) is 4.98 Å². The number of thiazole rings is 1. The summed E-state index contributed by atoms with van der Waals surface area (Å²) in [4.78, 5) is 26.8. The maximum absolute atomic E-state index is 12.0. The number of hydrogen-bond donors (Lipinski definition) is 2. The van der Waals surface area contributed by atoms with Crippen LogP contribution in [0.5, 0.6) is 0 Å². The van der Waals surface area contributed by atoms with Gasteiger partial charge in [0.05, 0.1) is 10.6 Å². The van der Waals surface area contributed by atoms with E-state index in [1.54, 1.807) is 26.0 Å². The molecule has 20 heavy (non-hydrogen) atoms. The molecule has 7 nitrogen and oxygen atoms in total. The molecular formula is C12H12N4O3S. The third kappa shape index (κ3) is 2.75. The van der Waals surface area contributed by atoms with E-state index < -0.39 is 4.92 Å². The van der Waals surface area contributed by atoms with Gasteiger partial charge in [0.2, 0.25) is 0 Å². The second-order valence-corrected chi connectivity index (χ2v) is 5.21. The molecule has 0 aliphatic heterocycles. The molecule has 1 aromatic heterocycles. The van der Waals surface area contributed by atoms with Crippen molar-refractivity contribution in [2.45, 2.75) is 13.8 Å². The van der Waals surface area contributed by atoms with Crippen molar-refractivity contribution in [1.29, 1.82) is 0 Å². The number of nitro groups is 1. The van der Waals surface area contributed by atoms with Crippen molar-refractivity contribution in [3.8, 4) is 0 Å². The number of hydrogen-bond acceptors (Lipinski definition) is 6. The number of benzene rings is 1. The van der Waals surface area contributed by atoms with Crippen LogP contribution in [0.25, 0.3) is 0 Å². The molecule has 0 aliphatic rings. The van der Waals surface area contributed by atoms with Gasteiger partial charge in [0, 0.05) is 17.3 Å². The van der Waals surface area contributed by atoms with Gasteiger partial charge in [-0.15, -0.1) is 0 Å². The Kier molecular flexibility index (Phi) is 3.66. The number of carbonyl (C=O) groups excluding carboxylic acids is 1. The minimum absolute atomic E-state index is 0.0386. The van der Waals surface area contributed by atoms with Crippen LogP contribution in [-0.4, -0.2) is 15.8 Å². The number of carbonyl (C=O) groups is 1. The second-order valence-electron chi connectivity index (χ2n) is 4.18. The highest BCUT2D eigenvalue weighted by molar-refractivity contribution is 7.17. The molecule has 2 rings (SSSR count). The highest BCUT2D eigenvalue weighted by Gasteiger charge is 2.16. The number of anilines is 2. The van der Waals surface area contributed by atoms with Gasteiger partial charge in [-0.2, -0.15) is 0 Å². The maximum Gasteiger partial charge on any atom is 0.274 e. The third-order valence-electron chi connectivity index (χ3n) is 2.68. The minimum atomic E-state index is -0.485. The van der Waals surface area contributed by atoms with Gasteiger partial charge < -0.3 is 11.1 Å². The average Bonchev–Trinajstić information content (AvgIpc) is 2.70. The molecule has 0 unspecified atom stereocenters. The molecule has 0 bridgehead atoms. The third-order valence-corrected chi connectivity index (χ3v) is 3.67. The number of rotatable bonds is 3. The first-order valence-corrected chi connectivity index (χ1v) is 6.49. The van der Waals surface area contributed by atoms with E-state index in [9.17, 15) is 14.9 Å². The molecule has 0 fully saturated rings. The highest BCUT2D eigenvalue weighted by atomic mass is 32.1. The lowest BCUT2D eigenvalue weighted by Crippen LogP contribution is -2.11. The smallest absolute Gasteiger partial charge is 0.274 e.